The highest BCUT2D eigenvalue weighted by Gasteiger charge is 2.42. The van der Waals surface area contributed by atoms with Gasteiger partial charge in [0.2, 0.25) is 0 Å². The molecule has 0 saturated carbocycles. The molecule has 7 heteroatoms. The van der Waals surface area contributed by atoms with Gasteiger partial charge in [-0.1, -0.05) is 24.3 Å². The highest BCUT2D eigenvalue weighted by molar-refractivity contribution is 7.80. The van der Waals surface area contributed by atoms with Crippen LogP contribution >= 0.6 is 12.2 Å². The second-order valence-electron chi connectivity index (χ2n) is 9.59. The number of pyridine rings is 1. The highest BCUT2D eigenvalue weighted by Crippen LogP contribution is 2.42. The Kier molecular flexibility index (Phi) is 7.21. The molecule has 0 radical (unpaired) electrons. The maximum atomic E-state index is 6.16. The van der Waals surface area contributed by atoms with Crippen molar-refractivity contribution in [1.82, 2.24) is 14.9 Å². The summed E-state index contributed by atoms with van der Waals surface area (Å²) in [5.41, 5.74) is 5.12. The maximum absolute atomic E-state index is 6.16. The van der Waals surface area contributed by atoms with Crippen molar-refractivity contribution in [2.45, 2.75) is 25.9 Å². The average Bonchev–Trinajstić information content (AvgIpc) is 3.60. The molecule has 0 unspecified atom stereocenters. The van der Waals surface area contributed by atoms with E-state index in [1.165, 1.54) is 0 Å². The molecule has 1 fully saturated rings. The van der Waals surface area contributed by atoms with Crippen LogP contribution in [0.5, 0.6) is 17.2 Å². The minimum atomic E-state index is -0.146. The molecule has 6 nitrogen and oxygen atoms in total. The van der Waals surface area contributed by atoms with E-state index in [2.05, 4.69) is 57.4 Å². The van der Waals surface area contributed by atoms with E-state index < -0.39 is 0 Å². The fourth-order valence-electron chi connectivity index (χ4n) is 5.15. The largest absolute Gasteiger partial charge is 0.494 e. The lowest BCUT2D eigenvalue weighted by Crippen LogP contribution is -2.30. The van der Waals surface area contributed by atoms with Crippen molar-refractivity contribution in [3.05, 3.63) is 132 Å². The summed E-state index contributed by atoms with van der Waals surface area (Å²) < 4.78 is 14.0. The summed E-state index contributed by atoms with van der Waals surface area (Å²) in [5.74, 6) is 2.46. The van der Waals surface area contributed by atoms with Gasteiger partial charge >= 0.3 is 0 Å². The molecule has 2 aromatic heterocycles. The number of ether oxygens (including phenoxy) is 2. The van der Waals surface area contributed by atoms with Gasteiger partial charge in [0.05, 0.1) is 18.3 Å². The van der Waals surface area contributed by atoms with E-state index in [0.29, 0.717) is 11.7 Å². The molecule has 6 rings (SSSR count). The second-order valence-corrected chi connectivity index (χ2v) is 9.97. The zero-order chi connectivity index (χ0) is 27.5. The summed E-state index contributed by atoms with van der Waals surface area (Å²) in [6, 6.07) is 34.2. The zero-order valence-electron chi connectivity index (χ0n) is 22.4. The van der Waals surface area contributed by atoms with Crippen LogP contribution in [0.2, 0.25) is 0 Å². The molecule has 0 spiro atoms. The number of benzene rings is 3. The monoisotopic (exact) mass is 546 g/mol. The Morgan fingerprint density at radius 1 is 0.825 bits per heavy atom. The Labute approximate surface area is 239 Å². The van der Waals surface area contributed by atoms with Gasteiger partial charge in [-0.2, -0.15) is 0 Å². The Morgan fingerprint density at radius 3 is 2.27 bits per heavy atom. The van der Waals surface area contributed by atoms with Gasteiger partial charge in [-0.15, -0.1) is 0 Å². The number of para-hydroxylation sites is 1. The van der Waals surface area contributed by atoms with Crippen molar-refractivity contribution in [1.29, 1.82) is 0 Å². The van der Waals surface area contributed by atoms with Gasteiger partial charge in [0.15, 0.2) is 5.11 Å². The van der Waals surface area contributed by atoms with Gasteiger partial charge in [0.1, 0.15) is 23.3 Å². The number of aromatic nitrogens is 2. The summed E-state index contributed by atoms with van der Waals surface area (Å²) in [5, 5.41) is 4.20. The molecule has 1 aliphatic heterocycles. The average molecular weight is 547 g/mol. The van der Waals surface area contributed by atoms with E-state index >= 15 is 0 Å². The number of nitrogens with one attached hydrogen (secondary N) is 1. The summed E-state index contributed by atoms with van der Waals surface area (Å²) in [6.45, 7) is 4.66. The molecule has 2 atom stereocenters. The lowest BCUT2D eigenvalue weighted by atomic mass is 10.0. The molecule has 1 aliphatic rings. The highest BCUT2D eigenvalue weighted by atomic mass is 32.1. The predicted octanol–water partition coefficient (Wildman–Crippen LogP) is 7.55. The minimum absolute atomic E-state index is 0.145. The molecular formula is C33H30N4O2S. The van der Waals surface area contributed by atoms with Crippen molar-refractivity contribution in [2.75, 3.05) is 11.5 Å². The van der Waals surface area contributed by atoms with Crippen molar-refractivity contribution in [3.8, 4) is 22.9 Å². The number of rotatable bonds is 8. The van der Waals surface area contributed by atoms with Crippen LogP contribution in [0.15, 0.2) is 116 Å². The first-order valence-electron chi connectivity index (χ1n) is 13.4. The van der Waals surface area contributed by atoms with E-state index in [9.17, 15) is 0 Å². The molecule has 1 N–H and O–H groups in total. The predicted molar refractivity (Wildman–Crippen MR) is 163 cm³/mol. The molecule has 200 valence electrons. The fourth-order valence-corrected chi connectivity index (χ4v) is 5.49. The molecule has 3 heterocycles. The van der Waals surface area contributed by atoms with Crippen LogP contribution in [-0.4, -0.2) is 21.3 Å². The van der Waals surface area contributed by atoms with Crippen molar-refractivity contribution in [2.24, 2.45) is 0 Å². The van der Waals surface area contributed by atoms with Crippen molar-refractivity contribution in [3.63, 3.8) is 0 Å². The smallest absolute Gasteiger partial charge is 0.174 e. The van der Waals surface area contributed by atoms with E-state index in [1.54, 1.807) is 0 Å². The fraction of sp³-hybridized carbons (Fsp3) is 0.152. The van der Waals surface area contributed by atoms with Crippen LogP contribution in [0.4, 0.5) is 5.69 Å². The van der Waals surface area contributed by atoms with Gasteiger partial charge in [0, 0.05) is 29.5 Å². The first-order valence-corrected chi connectivity index (χ1v) is 13.8. The van der Waals surface area contributed by atoms with E-state index in [4.69, 9.17) is 26.7 Å². The molecule has 5 aromatic rings. The van der Waals surface area contributed by atoms with E-state index in [0.717, 1.165) is 45.6 Å². The van der Waals surface area contributed by atoms with Gasteiger partial charge in [-0.25, -0.2) is 0 Å². The number of hydrogen-bond acceptors (Lipinski definition) is 4. The third-order valence-corrected chi connectivity index (χ3v) is 7.36. The number of thiocarbonyl (C=S) groups is 1. The number of aryl methyl sites for hydroxylation is 1. The van der Waals surface area contributed by atoms with Gasteiger partial charge < -0.3 is 24.3 Å². The number of nitrogens with zero attached hydrogens (tertiary/aromatic N) is 3. The molecule has 0 amide bonds. The standard InChI is InChI=1S/C33H30N4O2S/c1-3-38-26-17-13-24(14-18-26)36-22-8-11-29(36)32-31(28-10-6-7-21-34-28)35-33(40)37(32)25-15-19-27(20-16-25)39-30-12-5-4-9-23(30)2/h4-22,31-32H,3H2,1-2H3,(H,35,40)/t31-,32+/m0/s1. The Hall–Kier alpha value is -4.62. The first-order chi connectivity index (χ1) is 19.6. The first kappa shape index (κ1) is 25.6. The Balaban J connectivity index is 1.38. The summed E-state index contributed by atoms with van der Waals surface area (Å²) >= 11 is 5.94. The molecule has 0 aliphatic carbocycles. The van der Waals surface area contributed by atoms with Crippen molar-refractivity contribution >= 4 is 23.0 Å². The normalized spacial score (nSPS) is 16.6. The molecule has 3 aromatic carbocycles. The zero-order valence-corrected chi connectivity index (χ0v) is 23.2. The maximum Gasteiger partial charge on any atom is 0.174 e. The lowest BCUT2D eigenvalue weighted by Gasteiger charge is -2.29. The van der Waals surface area contributed by atoms with Gasteiger partial charge in [-0.3, -0.25) is 4.98 Å². The van der Waals surface area contributed by atoms with Crippen molar-refractivity contribution < 1.29 is 9.47 Å². The topological polar surface area (TPSA) is 51.5 Å². The van der Waals surface area contributed by atoms with Crippen LogP contribution in [0.25, 0.3) is 5.69 Å². The minimum Gasteiger partial charge on any atom is -0.494 e. The van der Waals surface area contributed by atoms with Crippen LogP contribution in [0.3, 0.4) is 0 Å². The second kappa shape index (κ2) is 11.2. The molecular weight excluding hydrogens is 516 g/mol. The molecule has 1 saturated heterocycles. The summed E-state index contributed by atoms with van der Waals surface area (Å²) in [6.07, 6.45) is 3.90. The summed E-state index contributed by atoms with van der Waals surface area (Å²) in [4.78, 5) is 6.87. The third-order valence-electron chi connectivity index (χ3n) is 7.04. The van der Waals surface area contributed by atoms with E-state index in [1.807, 2.05) is 86.8 Å². The van der Waals surface area contributed by atoms with Gasteiger partial charge in [-0.05, 0) is 110 Å². The van der Waals surface area contributed by atoms with Crippen LogP contribution < -0.4 is 19.7 Å². The van der Waals surface area contributed by atoms with Crippen LogP contribution in [-0.2, 0) is 0 Å². The molecule has 0 bridgehead atoms. The van der Waals surface area contributed by atoms with Gasteiger partial charge in [0.25, 0.3) is 0 Å². The van der Waals surface area contributed by atoms with Crippen LogP contribution in [0, 0.1) is 6.92 Å². The number of hydrogen-bond donors (Lipinski definition) is 1. The molecule has 40 heavy (non-hydrogen) atoms. The van der Waals surface area contributed by atoms with Crippen LogP contribution in [0.1, 0.15) is 36.0 Å². The van der Waals surface area contributed by atoms with E-state index in [-0.39, 0.29) is 12.1 Å². The quantitative estimate of drug-likeness (QED) is 0.203. The lowest BCUT2D eigenvalue weighted by molar-refractivity contribution is 0.340. The Bertz CT molecular complexity index is 1600. The Morgan fingerprint density at radius 2 is 1.55 bits per heavy atom. The summed E-state index contributed by atoms with van der Waals surface area (Å²) in [7, 11) is 0. The SMILES string of the molecule is CCOc1ccc(-n2cccc2[C@@H]2[C@H](c3ccccn3)NC(=S)N2c2ccc(Oc3ccccc3C)cc2)cc1. The number of anilines is 1. The third kappa shape index (κ3) is 5.03.